The number of anilines is 2. The number of nitrogens with one attached hydrogen (secondary N) is 2. The van der Waals surface area contributed by atoms with E-state index >= 15 is 0 Å². The van der Waals surface area contributed by atoms with Crippen LogP contribution >= 0.6 is 12.2 Å². The average Bonchev–Trinajstić information content (AvgIpc) is 2.67. The second kappa shape index (κ2) is 8.10. The molecule has 2 heterocycles. The van der Waals surface area contributed by atoms with Gasteiger partial charge in [0.2, 0.25) is 5.91 Å². The number of hydrogen-bond donors (Lipinski definition) is 2. The number of aryl methyl sites for hydroxylation is 2. The van der Waals surface area contributed by atoms with E-state index in [9.17, 15) is 19.7 Å². The number of pyridine rings is 1. The molecule has 148 valence electrons. The lowest BCUT2D eigenvalue weighted by Gasteiger charge is -2.31. The lowest BCUT2D eigenvalue weighted by atomic mass is 10.0. The van der Waals surface area contributed by atoms with Crippen molar-refractivity contribution in [1.29, 1.82) is 0 Å². The summed E-state index contributed by atoms with van der Waals surface area (Å²) in [6.07, 6.45) is 2.20. The van der Waals surface area contributed by atoms with Crippen molar-refractivity contribution in [3.8, 4) is 0 Å². The highest BCUT2D eigenvalue weighted by molar-refractivity contribution is 7.80. The Morgan fingerprint density at radius 3 is 2.66 bits per heavy atom. The molecule has 1 fully saturated rings. The maximum atomic E-state index is 12.9. The van der Waals surface area contributed by atoms with E-state index in [1.54, 1.807) is 6.07 Å². The molecule has 1 atom stereocenters. The van der Waals surface area contributed by atoms with Gasteiger partial charge in [-0.25, -0.2) is 4.98 Å². The van der Waals surface area contributed by atoms with E-state index in [4.69, 9.17) is 12.2 Å². The molecule has 0 radical (unpaired) electrons. The molecule has 1 aliphatic heterocycles. The highest BCUT2D eigenvalue weighted by Crippen LogP contribution is 2.23. The van der Waals surface area contributed by atoms with Crippen LogP contribution in [0.3, 0.4) is 0 Å². The number of benzene rings is 1. The van der Waals surface area contributed by atoms with Gasteiger partial charge in [-0.3, -0.25) is 30.0 Å². The minimum Gasteiger partial charge on any atom is -0.301 e. The fourth-order valence-corrected chi connectivity index (χ4v) is 2.87. The zero-order chi connectivity index (χ0) is 21.1. The standard InChI is InChI=1S/C18H16N6O4S/c1-10-3-4-12(7-11(10)2)23-17(26)14(16(25)21-18(23)29)9-20-22-15-6-5-13(8-19-15)24(27)28/h3-9,14H,1-2H3,(H,19,22)(H,21,25,29)/b20-9-/t14-/m1/s1. The molecule has 29 heavy (non-hydrogen) atoms. The summed E-state index contributed by atoms with van der Waals surface area (Å²) < 4.78 is 0. The number of aromatic nitrogens is 1. The van der Waals surface area contributed by atoms with Crippen LogP contribution in [0.25, 0.3) is 0 Å². The smallest absolute Gasteiger partial charge is 0.287 e. The third-order valence-electron chi connectivity index (χ3n) is 4.31. The summed E-state index contributed by atoms with van der Waals surface area (Å²) in [6, 6.07) is 8.03. The zero-order valence-electron chi connectivity index (χ0n) is 15.4. The Morgan fingerprint density at radius 2 is 2.03 bits per heavy atom. The molecule has 0 aliphatic carbocycles. The monoisotopic (exact) mass is 412 g/mol. The molecule has 1 aliphatic rings. The summed E-state index contributed by atoms with van der Waals surface area (Å²) in [7, 11) is 0. The summed E-state index contributed by atoms with van der Waals surface area (Å²) in [5.74, 6) is -2.11. The van der Waals surface area contributed by atoms with E-state index in [-0.39, 0.29) is 16.6 Å². The number of amides is 2. The van der Waals surface area contributed by atoms with Gasteiger partial charge in [0.05, 0.1) is 10.6 Å². The first kappa shape index (κ1) is 20.0. The molecule has 2 N–H and O–H groups in total. The first-order valence-corrected chi connectivity index (χ1v) is 8.84. The largest absolute Gasteiger partial charge is 0.301 e. The predicted molar refractivity (Wildman–Crippen MR) is 111 cm³/mol. The Kier molecular flexibility index (Phi) is 5.59. The quantitative estimate of drug-likeness (QED) is 0.253. The SMILES string of the molecule is Cc1ccc(N2C(=O)[C@H](/C=N\Nc3ccc([N+](=O)[O-])cn3)C(=O)NC2=S)cc1C. The van der Waals surface area contributed by atoms with E-state index in [1.165, 1.54) is 17.0 Å². The van der Waals surface area contributed by atoms with Crippen molar-refractivity contribution in [2.75, 3.05) is 10.3 Å². The third kappa shape index (κ3) is 4.24. The van der Waals surface area contributed by atoms with E-state index < -0.39 is 22.7 Å². The van der Waals surface area contributed by atoms with Gasteiger partial charge in [0.1, 0.15) is 12.0 Å². The number of carbonyl (C=O) groups excluding carboxylic acids is 2. The summed E-state index contributed by atoms with van der Waals surface area (Å²) in [5.41, 5.74) is 4.95. The highest BCUT2D eigenvalue weighted by Gasteiger charge is 2.38. The number of carbonyl (C=O) groups is 2. The van der Waals surface area contributed by atoms with Gasteiger partial charge < -0.3 is 5.32 Å². The fourth-order valence-electron chi connectivity index (χ4n) is 2.57. The first-order chi connectivity index (χ1) is 13.8. The van der Waals surface area contributed by atoms with Gasteiger partial charge in [0, 0.05) is 12.3 Å². The molecule has 10 nitrogen and oxygen atoms in total. The molecule has 11 heteroatoms. The minimum atomic E-state index is -1.20. The molecule has 0 saturated carbocycles. The Balaban J connectivity index is 1.77. The molecule has 1 aromatic carbocycles. The maximum Gasteiger partial charge on any atom is 0.287 e. The molecule has 2 amide bonds. The van der Waals surface area contributed by atoms with E-state index in [0.717, 1.165) is 23.5 Å². The molecule has 1 aromatic heterocycles. The summed E-state index contributed by atoms with van der Waals surface area (Å²) in [5, 5.41) is 17.0. The molecule has 1 saturated heterocycles. The number of thiocarbonyl (C=S) groups is 1. The average molecular weight is 412 g/mol. The lowest BCUT2D eigenvalue weighted by molar-refractivity contribution is -0.385. The van der Waals surface area contributed by atoms with Crippen molar-refractivity contribution in [3.05, 3.63) is 57.8 Å². The Hall–Kier alpha value is -3.73. The Bertz CT molecular complexity index is 1040. The van der Waals surface area contributed by atoms with Crippen LogP contribution in [0, 0.1) is 29.9 Å². The molecule has 0 spiro atoms. The third-order valence-corrected chi connectivity index (χ3v) is 4.60. The maximum absolute atomic E-state index is 12.9. The van der Waals surface area contributed by atoms with Crippen molar-refractivity contribution in [3.63, 3.8) is 0 Å². The fraction of sp³-hybridized carbons (Fsp3) is 0.167. The van der Waals surface area contributed by atoms with Crippen LogP contribution in [0.4, 0.5) is 17.2 Å². The van der Waals surface area contributed by atoms with Gasteiger partial charge in [-0.15, -0.1) is 0 Å². The van der Waals surface area contributed by atoms with Gasteiger partial charge in [-0.05, 0) is 55.4 Å². The van der Waals surface area contributed by atoms with E-state index in [0.29, 0.717) is 5.69 Å². The van der Waals surface area contributed by atoms with Crippen molar-refractivity contribution >= 4 is 52.6 Å². The number of hydrogen-bond acceptors (Lipinski definition) is 8. The van der Waals surface area contributed by atoms with Crippen LogP contribution in [-0.2, 0) is 9.59 Å². The van der Waals surface area contributed by atoms with Crippen LogP contribution in [-0.4, -0.2) is 33.0 Å². The molecule has 0 unspecified atom stereocenters. The number of hydrazone groups is 1. The molecular weight excluding hydrogens is 396 g/mol. The van der Waals surface area contributed by atoms with Crippen molar-refractivity contribution in [2.24, 2.45) is 11.0 Å². The topological polar surface area (TPSA) is 130 Å². The normalized spacial score (nSPS) is 16.8. The lowest BCUT2D eigenvalue weighted by Crippen LogP contribution is -2.58. The van der Waals surface area contributed by atoms with Gasteiger partial charge in [0.25, 0.3) is 11.6 Å². The van der Waals surface area contributed by atoms with E-state index in [2.05, 4.69) is 20.8 Å². The number of nitrogens with zero attached hydrogens (tertiary/aromatic N) is 4. The molecule has 3 rings (SSSR count). The summed E-state index contributed by atoms with van der Waals surface area (Å²) in [6.45, 7) is 3.86. The van der Waals surface area contributed by atoms with Crippen LogP contribution in [0.1, 0.15) is 11.1 Å². The van der Waals surface area contributed by atoms with Crippen LogP contribution in [0.2, 0.25) is 0 Å². The first-order valence-electron chi connectivity index (χ1n) is 8.43. The summed E-state index contributed by atoms with van der Waals surface area (Å²) >= 11 is 5.16. The zero-order valence-corrected chi connectivity index (χ0v) is 16.3. The van der Waals surface area contributed by atoms with Gasteiger partial charge >= 0.3 is 0 Å². The minimum absolute atomic E-state index is 0.00195. The summed E-state index contributed by atoms with van der Waals surface area (Å²) in [4.78, 5) is 40.2. The van der Waals surface area contributed by atoms with E-state index in [1.807, 2.05) is 26.0 Å². The van der Waals surface area contributed by atoms with Gasteiger partial charge in [-0.2, -0.15) is 5.10 Å². The molecule has 2 aromatic rings. The molecular formula is C18H16N6O4S. The van der Waals surface area contributed by atoms with Crippen molar-refractivity contribution < 1.29 is 14.5 Å². The highest BCUT2D eigenvalue weighted by atomic mass is 32.1. The Labute approximate surface area is 170 Å². The molecule has 0 bridgehead atoms. The van der Waals surface area contributed by atoms with Crippen molar-refractivity contribution in [2.45, 2.75) is 13.8 Å². The predicted octanol–water partition coefficient (Wildman–Crippen LogP) is 2.07. The van der Waals surface area contributed by atoms with Gasteiger partial charge in [-0.1, -0.05) is 6.07 Å². The van der Waals surface area contributed by atoms with Crippen LogP contribution < -0.4 is 15.6 Å². The van der Waals surface area contributed by atoms with Crippen LogP contribution in [0.15, 0.2) is 41.6 Å². The second-order valence-corrected chi connectivity index (χ2v) is 6.65. The van der Waals surface area contributed by atoms with Gasteiger partial charge in [0.15, 0.2) is 11.0 Å². The number of nitro groups is 1. The second-order valence-electron chi connectivity index (χ2n) is 6.26. The van der Waals surface area contributed by atoms with Crippen LogP contribution in [0.5, 0.6) is 0 Å². The Morgan fingerprint density at radius 1 is 1.28 bits per heavy atom. The van der Waals surface area contributed by atoms with Crippen molar-refractivity contribution in [1.82, 2.24) is 10.3 Å². The number of rotatable bonds is 5.